The highest BCUT2D eigenvalue weighted by Gasteiger charge is 2.22. The van der Waals surface area contributed by atoms with Crippen LogP contribution < -0.4 is 4.74 Å². The van der Waals surface area contributed by atoms with E-state index in [2.05, 4.69) is 49.2 Å². The molecule has 0 spiro atoms. The number of hydrogen-bond acceptors (Lipinski definition) is 3. The van der Waals surface area contributed by atoms with E-state index in [0.717, 1.165) is 30.0 Å². The SMILES string of the molecule is CCCCCCCC1CCC(c2ccc(-c3ccc(OCCCCCC)c(C#N)n3)cc2)CC1. The summed E-state index contributed by atoms with van der Waals surface area (Å²) in [4.78, 5) is 4.59. The summed E-state index contributed by atoms with van der Waals surface area (Å²) in [6.45, 7) is 5.13. The van der Waals surface area contributed by atoms with Crippen molar-refractivity contribution in [1.82, 2.24) is 4.98 Å². The second kappa shape index (κ2) is 14.8. The van der Waals surface area contributed by atoms with Gasteiger partial charge in [0.15, 0.2) is 11.4 Å². The van der Waals surface area contributed by atoms with Crippen LogP contribution in [0.1, 0.15) is 121 Å². The minimum Gasteiger partial charge on any atom is -0.491 e. The van der Waals surface area contributed by atoms with Gasteiger partial charge < -0.3 is 4.74 Å². The number of ether oxygens (including phenoxy) is 1. The van der Waals surface area contributed by atoms with Crippen LogP contribution in [-0.2, 0) is 0 Å². The van der Waals surface area contributed by atoms with Crippen molar-refractivity contribution in [3.63, 3.8) is 0 Å². The van der Waals surface area contributed by atoms with Gasteiger partial charge in [0.25, 0.3) is 0 Å². The van der Waals surface area contributed by atoms with Crippen molar-refractivity contribution in [3.8, 4) is 23.1 Å². The van der Waals surface area contributed by atoms with Crippen molar-refractivity contribution < 1.29 is 4.74 Å². The molecule has 1 heterocycles. The average Bonchev–Trinajstić information content (AvgIpc) is 2.89. The quantitative estimate of drug-likeness (QED) is 0.264. The average molecular weight is 461 g/mol. The van der Waals surface area contributed by atoms with Gasteiger partial charge in [-0.3, -0.25) is 0 Å². The third kappa shape index (κ3) is 8.15. The summed E-state index contributed by atoms with van der Waals surface area (Å²) in [5, 5.41) is 9.57. The van der Waals surface area contributed by atoms with Gasteiger partial charge in [0.2, 0.25) is 0 Å². The fourth-order valence-corrected chi connectivity index (χ4v) is 5.26. The number of unbranched alkanes of at least 4 members (excludes halogenated alkanes) is 7. The lowest BCUT2D eigenvalue weighted by molar-refractivity contribution is 0.302. The summed E-state index contributed by atoms with van der Waals surface area (Å²) in [7, 11) is 0. The summed E-state index contributed by atoms with van der Waals surface area (Å²) in [5.41, 5.74) is 3.74. The van der Waals surface area contributed by atoms with Crippen molar-refractivity contribution in [1.29, 1.82) is 5.26 Å². The van der Waals surface area contributed by atoms with Crippen molar-refractivity contribution in [2.24, 2.45) is 5.92 Å². The van der Waals surface area contributed by atoms with Gasteiger partial charge in [-0.05, 0) is 61.6 Å². The molecule has 1 fully saturated rings. The van der Waals surface area contributed by atoms with Gasteiger partial charge in [0.1, 0.15) is 6.07 Å². The number of rotatable bonds is 14. The van der Waals surface area contributed by atoms with E-state index >= 15 is 0 Å². The van der Waals surface area contributed by atoms with Crippen molar-refractivity contribution in [2.75, 3.05) is 6.61 Å². The van der Waals surface area contributed by atoms with E-state index < -0.39 is 0 Å². The molecule has 2 aromatic rings. The molecular weight excluding hydrogens is 416 g/mol. The molecule has 0 atom stereocenters. The van der Waals surface area contributed by atoms with Gasteiger partial charge in [0, 0.05) is 5.56 Å². The Morgan fingerprint density at radius 2 is 1.50 bits per heavy atom. The molecule has 0 saturated heterocycles. The number of nitrogens with zero attached hydrogens (tertiary/aromatic N) is 2. The van der Waals surface area contributed by atoms with Gasteiger partial charge in [-0.2, -0.15) is 5.26 Å². The highest BCUT2D eigenvalue weighted by molar-refractivity contribution is 5.61. The molecule has 184 valence electrons. The first kappa shape index (κ1) is 26.3. The summed E-state index contributed by atoms with van der Waals surface area (Å²) >= 11 is 0. The van der Waals surface area contributed by atoms with Crippen LogP contribution in [0.4, 0.5) is 0 Å². The summed E-state index contributed by atoms with van der Waals surface area (Å²) in [6.07, 6.45) is 18.4. The van der Waals surface area contributed by atoms with E-state index in [0.29, 0.717) is 24.0 Å². The predicted molar refractivity (Wildman–Crippen MR) is 142 cm³/mol. The molecule has 1 aromatic heterocycles. The lowest BCUT2D eigenvalue weighted by Crippen LogP contribution is -2.13. The molecule has 0 unspecified atom stereocenters. The fraction of sp³-hybridized carbons (Fsp3) is 0.613. The second-order valence-electron chi connectivity index (χ2n) is 10.1. The second-order valence-corrected chi connectivity index (χ2v) is 10.1. The molecule has 1 saturated carbocycles. The Kier molecular flexibility index (Phi) is 11.5. The van der Waals surface area contributed by atoms with E-state index in [1.165, 1.54) is 82.6 Å². The van der Waals surface area contributed by atoms with Crippen LogP contribution in [0.3, 0.4) is 0 Å². The molecular formula is C31H44N2O. The monoisotopic (exact) mass is 460 g/mol. The van der Waals surface area contributed by atoms with Crippen LogP contribution in [-0.4, -0.2) is 11.6 Å². The van der Waals surface area contributed by atoms with Gasteiger partial charge in [-0.1, -0.05) is 95.9 Å². The summed E-state index contributed by atoms with van der Waals surface area (Å²) in [6, 6.07) is 15.0. The first-order chi connectivity index (χ1) is 16.7. The van der Waals surface area contributed by atoms with Crippen molar-refractivity contribution in [3.05, 3.63) is 47.7 Å². The lowest BCUT2D eigenvalue weighted by atomic mass is 9.77. The van der Waals surface area contributed by atoms with Crippen LogP contribution in [0.15, 0.2) is 36.4 Å². The third-order valence-corrected chi connectivity index (χ3v) is 7.46. The maximum Gasteiger partial charge on any atom is 0.183 e. The molecule has 0 radical (unpaired) electrons. The zero-order chi connectivity index (χ0) is 24.0. The third-order valence-electron chi connectivity index (χ3n) is 7.46. The number of benzene rings is 1. The van der Waals surface area contributed by atoms with E-state index in [1.807, 2.05) is 12.1 Å². The number of pyridine rings is 1. The molecule has 1 aliphatic carbocycles. The van der Waals surface area contributed by atoms with Gasteiger partial charge in [-0.15, -0.1) is 0 Å². The topological polar surface area (TPSA) is 45.9 Å². The van der Waals surface area contributed by atoms with Crippen LogP contribution in [0.25, 0.3) is 11.3 Å². The summed E-state index contributed by atoms with van der Waals surface area (Å²) < 4.78 is 5.83. The smallest absolute Gasteiger partial charge is 0.183 e. The van der Waals surface area contributed by atoms with Crippen LogP contribution in [0.2, 0.25) is 0 Å². The van der Waals surface area contributed by atoms with Gasteiger partial charge >= 0.3 is 0 Å². The highest BCUT2D eigenvalue weighted by atomic mass is 16.5. The zero-order valence-electron chi connectivity index (χ0n) is 21.5. The molecule has 3 heteroatoms. The largest absolute Gasteiger partial charge is 0.491 e. The van der Waals surface area contributed by atoms with Crippen LogP contribution in [0, 0.1) is 17.2 Å². The van der Waals surface area contributed by atoms with Crippen molar-refractivity contribution >= 4 is 0 Å². The van der Waals surface area contributed by atoms with E-state index in [-0.39, 0.29) is 0 Å². The van der Waals surface area contributed by atoms with Gasteiger partial charge in [-0.25, -0.2) is 4.98 Å². The van der Waals surface area contributed by atoms with E-state index in [4.69, 9.17) is 4.74 Å². The van der Waals surface area contributed by atoms with Gasteiger partial charge in [0.05, 0.1) is 12.3 Å². The lowest BCUT2D eigenvalue weighted by Gasteiger charge is -2.29. The Labute approximate surface area is 208 Å². The molecule has 3 rings (SSSR count). The Morgan fingerprint density at radius 1 is 0.824 bits per heavy atom. The normalized spacial score (nSPS) is 17.9. The first-order valence-corrected chi connectivity index (χ1v) is 13.9. The predicted octanol–water partition coefficient (Wildman–Crippen LogP) is 9.21. The first-order valence-electron chi connectivity index (χ1n) is 13.9. The number of nitriles is 1. The standard InChI is InChI=1S/C31H44N2O/c1-3-5-7-9-10-12-25-13-15-26(16-14-25)27-17-19-28(20-18-27)29-21-22-31(30(24-32)33-29)34-23-11-8-6-4-2/h17-22,25-26H,3-16,23H2,1-2H3. The molecule has 3 nitrogen and oxygen atoms in total. The Bertz CT molecular complexity index is 875. The Balaban J connectivity index is 1.50. The minimum atomic E-state index is 0.380. The van der Waals surface area contributed by atoms with Crippen molar-refractivity contribution in [2.45, 2.75) is 110 Å². The molecule has 0 aliphatic heterocycles. The molecule has 1 aromatic carbocycles. The zero-order valence-corrected chi connectivity index (χ0v) is 21.5. The fourth-order valence-electron chi connectivity index (χ4n) is 5.26. The molecule has 0 N–H and O–H groups in total. The maximum absolute atomic E-state index is 9.57. The van der Waals surface area contributed by atoms with Crippen LogP contribution in [0.5, 0.6) is 5.75 Å². The number of hydrogen-bond donors (Lipinski definition) is 0. The molecule has 34 heavy (non-hydrogen) atoms. The summed E-state index contributed by atoms with van der Waals surface area (Å²) in [5.74, 6) is 2.23. The van der Waals surface area contributed by atoms with E-state index in [1.54, 1.807) is 0 Å². The number of aromatic nitrogens is 1. The molecule has 1 aliphatic rings. The Hall–Kier alpha value is -2.34. The molecule has 0 amide bonds. The molecule has 0 bridgehead atoms. The van der Waals surface area contributed by atoms with E-state index in [9.17, 15) is 5.26 Å². The Morgan fingerprint density at radius 3 is 2.18 bits per heavy atom. The minimum absolute atomic E-state index is 0.380. The van der Waals surface area contributed by atoms with Crippen LogP contribution >= 0.6 is 0 Å². The highest BCUT2D eigenvalue weighted by Crippen LogP contribution is 2.38. The maximum atomic E-state index is 9.57.